The van der Waals surface area contributed by atoms with Gasteiger partial charge < -0.3 is 24.6 Å². The minimum absolute atomic E-state index is 0.00808. The van der Waals surface area contributed by atoms with Crippen LogP contribution in [-0.4, -0.2) is 51.6 Å². The van der Waals surface area contributed by atoms with Crippen LogP contribution in [0.5, 0.6) is 5.75 Å². The number of hydrogen-bond acceptors (Lipinski definition) is 7. The monoisotopic (exact) mass is 678 g/mol. The average molecular weight is 679 g/mol. The van der Waals surface area contributed by atoms with Crippen LogP contribution in [0, 0.1) is 0 Å². The van der Waals surface area contributed by atoms with Gasteiger partial charge in [-0.3, -0.25) is 14.4 Å². The van der Waals surface area contributed by atoms with Gasteiger partial charge in [-0.25, -0.2) is 0 Å². The summed E-state index contributed by atoms with van der Waals surface area (Å²) in [5.74, 6) is -1.86. The summed E-state index contributed by atoms with van der Waals surface area (Å²) in [7, 11) is 1.24. The number of aliphatic carboxylic acids is 1. The van der Waals surface area contributed by atoms with E-state index in [4.69, 9.17) is 20.9 Å². The van der Waals surface area contributed by atoms with Crippen molar-refractivity contribution in [2.45, 2.75) is 19.1 Å². The summed E-state index contributed by atoms with van der Waals surface area (Å²) in [6, 6.07) is 22.7. The van der Waals surface area contributed by atoms with Crippen molar-refractivity contribution in [2.75, 3.05) is 19.0 Å². The van der Waals surface area contributed by atoms with E-state index in [-0.39, 0.29) is 35.0 Å². The number of alkyl halides is 3. The van der Waals surface area contributed by atoms with E-state index in [0.29, 0.717) is 22.0 Å². The molecule has 246 valence electrons. The minimum Gasteiger partial charge on any atom is -0.497 e. The fourth-order valence-electron chi connectivity index (χ4n) is 4.75. The summed E-state index contributed by atoms with van der Waals surface area (Å²) in [6.07, 6.45) is -5.24. The molecule has 48 heavy (non-hydrogen) atoms. The Labute approximate surface area is 276 Å². The highest BCUT2D eigenvalue weighted by Gasteiger charge is 2.34. The Kier molecular flexibility index (Phi) is 10.1. The summed E-state index contributed by atoms with van der Waals surface area (Å²) >= 11 is 5.94. The fraction of sp³-hybridized carbons (Fsp3) is 0.147. The van der Waals surface area contributed by atoms with Gasteiger partial charge in [-0.2, -0.15) is 18.2 Å². The van der Waals surface area contributed by atoms with Gasteiger partial charge in [0.15, 0.2) is 0 Å². The molecule has 0 saturated carbocycles. The first-order chi connectivity index (χ1) is 22.9. The Balaban J connectivity index is 1.24. The smallest absolute Gasteiger partial charge is 0.416 e. The molecule has 0 unspecified atom stereocenters. The highest BCUT2D eigenvalue weighted by molar-refractivity contribution is 6.30. The van der Waals surface area contributed by atoms with Crippen molar-refractivity contribution in [1.82, 2.24) is 15.0 Å². The standard InChI is InChI=1S/C34H26ClF3N4O6/c1-47-27-15-10-24(28(17-27)34(36,37)38)16-29(43)39-26-13-8-23(9-14-26)33(46)42(19-30(44)45)18-20-2-4-22(5-3-20)32-40-31(41-48-32)21-6-11-25(35)12-7-21/h2-15,17H,16,18-19H2,1H3,(H,39,43)(H,44,45). The molecule has 0 aliphatic heterocycles. The minimum atomic E-state index is -4.69. The third kappa shape index (κ3) is 8.36. The first-order valence-electron chi connectivity index (χ1n) is 14.2. The summed E-state index contributed by atoms with van der Waals surface area (Å²) in [5, 5.41) is 16.6. The number of aromatic nitrogens is 2. The van der Waals surface area contributed by atoms with Crippen LogP contribution in [0.4, 0.5) is 18.9 Å². The lowest BCUT2D eigenvalue weighted by Crippen LogP contribution is -2.35. The normalized spacial score (nSPS) is 11.2. The van der Waals surface area contributed by atoms with Crippen molar-refractivity contribution in [3.8, 4) is 28.6 Å². The highest BCUT2D eigenvalue weighted by Crippen LogP contribution is 2.35. The molecule has 0 spiro atoms. The molecular formula is C34H26ClF3N4O6. The molecule has 5 aromatic rings. The molecule has 0 fully saturated rings. The molecule has 0 aliphatic carbocycles. The van der Waals surface area contributed by atoms with Crippen LogP contribution < -0.4 is 10.1 Å². The number of anilines is 1. The van der Waals surface area contributed by atoms with Crippen molar-refractivity contribution in [2.24, 2.45) is 0 Å². The first-order valence-corrected chi connectivity index (χ1v) is 14.6. The summed E-state index contributed by atoms with van der Waals surface area (Å²) in [5.41, 5.74) is 1.12. The van der Waals surface area contributed by atoms with E-state index < -0.39 is 42.5 Å². The lowest BCUT2D eigenvalue weighted by Gasteiger charge is -2.21. The number of carbonyl (C=O) groups excluding carboxylic acids is 2. The van der Waals surface area contributed by atoms with Crippen LogP contribution in [0.1, 0.15) is 27.0 Å². The summed E-state index contributed by atoms with van der Waals surface area (Å²) in [4.78, 5) is 43.0. The van der Waals surface area contributed by atoms with Crippen LogP contribution in [0.15, 0.2) is 95.5 Å². The molecule has 2 amide bonds. The molecule has 10 nitrogen and oxygen atoms in total. The van der Waals surface area contributed by atoms with E-state index in [1.807, 2.05) is 0 Å². The quantitative estimate of drug-likeness (QED) is 0.153. The SMILES string of the molecule is COc1ccc(CC(=O)Nc2ccc(C(=O)N(CC(=O)O)Cc3ccc(-c4nc(-c5ccc(Cl)cc5)no4)cc3)cc2)c(C(F)(F)F)c1. The molecule has 4 aromatic carbocycles. The number of ether oxygens (including phenoxy) is 1. The molecule has 0 bridgehead atoms. The molecule has 0 saturated heterocycles. The number of nitrogens with zero attached hydrogens (tertiary/aromatic N) is 3. The number of amides is 2. The Hall–Kier alpha value is -5.69. The molecule has 5 rings (SSSR count). The number of methoxy groups -OCH3 is 1. The number of benzene rings is 4. The van der Waals surface area contributed by atoms with Crippen molar-refractivity contribution >= 4 is 35.1 Å². The summed E-state index contributed by atoms with van der Waals surface area (Å²) < 4.78 is 50.8. The van der Waals surface area contributed by atoms with E-state index in [2.05, 4.69) is 15.5 Å². The topological polar surface area (TPSA) is 135 Å². The van der Waals surface area contributed by atoms with Gasteiger partial charge in [-0.1, -0.05) is 35.0 Å². The summed E-state index contributed by atoms with van der Waals surface area (Å²) in [6.45, 7) is -0.621. The van der Waals surface area contributed by atoms with Gasteiger partial charge in [-0.15, -0.1) is 0 Å². The molecule has 1 aromatic heterocycles. The second-order valence-electron chi connectivity index (χ2n) is 10.5. The van der Waals surface area contributed by atoms with Gasteiger partial charge in [0.25, 0.3) is 11.8 Å². The Bertz CT molecular complexity index is 1930. The van der Waals surface area contributed by atoms with Crippen molar-refractivity contribution < 1.29 is 41.9 Å². The van der Waals surface area contributed by atoms with Crippen molar-refractivity contribution in [3.05, 3.63) is 118 Å². The molecule has 2 N–H and O–H groups in total. The van der Waals surface area contributed by atoms with Crippen LogP contribution in [0.2, 0.25) is 5.02 Å². The largest absolute Gasteiger partial charge is 0.497 e. The van der Waals surface area contributed by atoms with E-state index in [1.165, 1.54) is 43.5 Å². The number of nitrogens with one attached hydrogen (secondary N) is 1. The van der Waals surface area contributed by atoms with Crippen molar-refractivity contribution in [1.29, 1.82) is 0 Å². The molecule has 0 atom stereocenters. The molecular weight excluding hydrogens is 653 g/mol. The average Bonchev–Trinajstić information content (AvgIpc) is 3.55. The molecule has 14 heteroatoms. The Morgan fingerprint density at radius 2 is 1.60 bits per heavy atom. The third-order valence-corrected chi connectivity index (χ3v) is 7.36. The van der Waals surface area contributed by atoms with Crippen LogP contribution in [0.25, 0.3) is 22.8 Å². The van der Waals surface area contributed by atoms with Gasteiger partial charge >= 0.3 is 12.1 Å². The molecule has 1 heterocycles. The van der Waals surface area contributed by atoms with Gasteiger partial charge in [-0.05, 0) is 83.9 Å². The van der Waals surface area contributed by atoms with Gasteiger partial charge in [0, 0.05) is 33.9 Å². The lowest BCUT2D eigenvalue weighted by atomic mass is 10.0. The highest BCUT2D eigenvalue weighted by atomic mass is 35.5. The number of carboxylic acid groups (broad SMARTS) is 1. The Morgan fingerprint density at radius 1 is 0.938 bits per heavy atom. The van der Waals surface area contributed by atoms with E-state index in [0.717, 1.165) is 16.5 Å². The van der Waals surface area contributed by atoms with Crippen LogP contribution >= 0.6 is 11.6 Å². The van der Waals surface area contributed by atoms with Crippen LogP contribution in [0.3, 0.4) is 0 Å². The number of rotatable bonds is 11. The van der Waals surface area contributed by atoms with Gasteiger partial charge in [0.2, 0.25) is 11.7 Å². The van der Waals surface area contributed by atoms with Crippen LogP contribution in [-0.2, 0) is 28.7 Å². The van der Waals surface area contributed by atoms with E-state index >= 15 is 0 Å². The van der Waals surface area contributed by atoms with E-state index in [1.54, 1.807) is 48.5 Å². The van der Waals surface area contributed by atoms with Gasteiger partial charge in [0.1, 0.15) is 12.3 Å². The maximum atomic E-state index is 13.5. The molecule has 0 radical (unpaired) electrons. The number of carboxylic acids is 1. The second kappa shape index (κ2) is 14.4. The zero-order valence-electron chi connectivity index (χ0n) is 25.1. The number of halogens is 4. The fourth-order valence-corrected chi connectivity index (χ4v) is 4.88. The first kappa shape index (κ1) is 33.7. The zero-order chi connectivity index (χ0) is 34.4. The van der Waals surface area contributed by atoms with E-state index in [9.17, 15) is 32.7 Å². The third-order valence-electron chi connectivity index (χ3n) is 7.11. The predicted molar refractivity (Wildman–Crippen MR) is 169 cm³/mol. The lowest BCUT2D eigenvalue weighted by molar-refractivity contribution is -0.139. The second-order valence-corrected chi connectivity index (χ2v) is 10.9. The predicted octanol–water partition coefficient (Wildman–Crippen LogP) is 6.99. The molecule has 0 aliphatic rings. The number of carbonyl (C=O) groups is 3. The zero-order valence-corrected chi connectivity index (χ0v) is 25.9. The Morgan fingerprint density at radius 3 is 2.23 bits per heavy atom. The maximum Gasteiger partial charge on any atom is 0.416 e. The maximum absolute atomic E-state index is 13.5. The number of hydrogen-bond donors (Lipinski definition) is 2. The van der Waals surface area contributed by atoms with Crippen molar-refractivity contribution in [3.63, 3.8) is 0 Å². The van der Waals surface area contributed by atoms with Gasteiger partial charge in [0.05, 0.1) is 19.1 Å².